The normalized spacial score (nSPS) is 16.6. The number of anilines is 1. The van der Waals surface area contributed by atoms with Gasteiger partial charge in [0.15, 0.2) is 0 Å². The Morgan fingerprint density at radius 3 is 2.64 bits per heavy atom. The van der Waals surface area contributed by atoms with Crippen molar-refractivity contribution in [1.29, 1.82) is 0 Å². The maximum atomic E-state index is 12.4. The minimum Gasteiger partial charge on any atom is -0.494 e. The van der Waals surface area contributed by atoms with Crippen molar-refractivity contribution < 1.29 is 14.3 Å². The molecule has 0 unspecified atom stereocenters. The molecule has 0 aliphatic carbocycles. The number of amides is 2. The Morgan fingerprint density at radius 2 is 1.96 bits per heavy atom. The van der Waals surface area contributed by atoms with E-state index in [1.165, 1.54) is 5.56 Å². The Morgan fingerprint density at radius 1 is 1.21 bits per heavy atom. The molecule has 1 fully saturated rings. The Kier molecular flexibility index (Phi) is 6.09. The van der Waals surface area contributed by atoms with E-state index in [9.17, 15) is 9.59 Å². The molecule has 2 aromatic carbocycles. The maximum Gasteiger partial charge on any atom is 0.245 e. The van der Waals surface area contributed by atoms with Gasteiger partial charge in [0, 0.05) is 18.7 Å². The van der Waals surface area contributed by atoms with Crippen molar-refractivity contribution in [3.63, 3.8) is 0 Å². The molecule has 0 bridgehead atoms. The van der Waals surface area contributed by atoms with Gasteiger partial charge in [0.1, 0.15) is 5.75 Å². The highest BCUT2D eigenvalue weighted by molar-refractivity contribution is 6.00. The third-order valence-corrected chi connectivity index (χ3v) is 4.88. The number of carbonyl (C=O) groups is 2. The zero-order chi connectivity index (χ0) is 20.1. The smallest absolute Gasteiger partial charge is 0.245 e. The first-order valence-corrected chi connectivity index (χ1v) is 9.41. The molecule has 146 valence electrons. The van der Waals surface area contributed by atoms with Crippen LogP contribution in [0.15, 0.2) is 47.6 Å². The predicted molar refractivity (Wildman–Crippen MR) is 110 cm³/mol. The third-order valence-electron chi connectivity index (χ3n) is 4.88. The lowest BCUT2D eigenvalue weighted by Crippen LogP contribution is -2.30. The van der Waals surface area contributed by atoms with E-state index >= 15 is 0 Å². The zero-order valence-corrected chi connectivity index (χ0v) is 16.4. The average molecular weight is 379 g/mol. The van der Waals surface area contributed by atoms with E-state index in [1.54, 1.807) is 11.1 Å². The number of ether oxygens (including phenoxy) is 1. The number of rotatable bonds is 6. The molecule has 0 radical (unpaired) electrons. The van der Waals surface area contributed by atoms with E-state index in [1.807, 2.05) is 63.2 Å². The summed E-state index contributed by atoms with van der Waals surface area (Å²) >= 11 is 0. The lowest BCUT2D eigenvalue weighted by atomic mass is 10.1. The highest BCUT2D eigenvalue weighted by Crippen LogP contribution is 2.26. The zero-order valence-electron chi connectivity index (χ0n) is 16.4. The second-order valence-corrected chi connectivity index (χ2v) is 6.91. The summed E-state index contributed by atoms with van der Waals surface area (Å²) in [7, 11) is 0. The molecule has 28 heavy (non-hydrogen) atoms. The van der Waals surface area contributed by atoms with Crippen LogP contribution < -0.4 is 15.1 Å². The number of carbonyl (C=O) groups excluding carboxylic acids is 2. The molecule has 1 atom stereocenters. The van der Waals surface area contributed by atoms with E-state index in [0.29, 0.717) is 13.2 Å². The number of benzene rings is 2. The van der Waals surface area contributed by atoms with Crippen LogP contribution in [0.25, 0.3) is 0 Å². The van der Waals surface area contributed by atoms with E-state index in [2.05, 4.69) is 10.5 Å². The van der Waals surface area contributed by atoms with Gasteiger partial charge in [-0.15, -0.1) is 0 Å². The molecule has 0 aromatic heterocycles. The number of hydrogen-bond acceptors (Lipinski definition) is 4. The van der Waals surface area contributed by atoms with Crippen molar-refractivity contribution in [3.05, 3.63) is 59.2 Å². The third kappa shape index (κ3) is 4.57. The summed E-state index contributed by atoms with van der Waals surface area (Å²) in [6.45, 7) is 6.96. The Bertz CT molecular complexity index is 890. The van der Waals surface area contributed by atoms with Gasteiger partial charge in [0.2, 0.25) is 11.8 Å². The molecule has 2 aromatic rings. The number of aryl methyl sites for hydroxylation is 2. The van der Waals surface area contributed by atoms with Crippen molar-refractivity contribution in [2.75, 3.05) is 18.1 Å². The van der Waals surface area contributed by atoms with Crippen LogP contribution in [0, 0.1) is 19.8 Å². The largest absolute Gasteiger partial charge is 0.494 e. The molecule has 0 saturated carbocycles. The number of nitrogens with one attached hydrogen (secondary N) is 1. The van der Waals surface area contributed by atoms with E-state index in [-0.39, 0.29) is 18.2 Å². The van der Waals surface area contributed by atoms with Gasteiger partial charge in [-0.2, -0.15) is 5.10 Å². The molecule has 1 aliphatic rings. The topological polar surface area (TPSA) is 71.0 Å². The summed E-state index contributed by atoms with van der Waals surface area (Å²) in [4.78, 5) is 26.4. The van der Waals surface area contributed by atoms with Crippen LogP contribution in [0.1, 0.15) is 30.0 Å². The van der Waals surface area contributed by atoms with Gasteiger partial charge in [-0.25, -0.2) is 5.43 Å². The summed E-state index contributed by atoms with van der Waals surface area (Å²) in [6, 6.07) is 13.3. The fourth-order valence-corrected chi connectivity index (χ4v) is 3.10. The van der Waals surface area contributed by atoms with E-state index in [4.69, 9.17) is 4.74 Å². The first kappa shape index (κ1) is 19.6. The number of hydrogen-bond donors (Lipinski definition) is 1. The SMILES string of the molecule is CCOc1ccc(/C=N\NC(=O)[C@@H]2CC(=O)N(c3ccc(C)c(C)c3)C2)cc1. The second kappa shape index (κ2) is 8.69. The molecular formula is C22H25N3O3. The molecule has 0 spiro atoms. The summed E-state index contributed by atoms with van der Waals surface area (Å²) in [5, 5.41) is 4.02. The lowest BCUT2D eigenvalue weighted by molar-refractivity contribution is -0.126. The van der Waals surface area contributed by atoms with Crippen molar-refractivity contribution in [1.82, 2.24) is 5.43 Å². The quantitative estimate of drug-likeness (QED) is 0.619. The molecule has 1 aliphatic heterocycles. The molecule has 1 N–H and O–H groups in total. The van der Waals surface area contributed by atoms with Gasteiger partial charge in [-0.1, -0.05) is 6.07 Å². The van der Waals surface area contributed by atoms with Crippen LogP contribution in [0.2, 0.25) is 0 Å². The molecule has 6 nitrogen and oxygen atoms in total. The Labute approximate surface area is 165 Å². The summed E-state index contributed by atoms with van der Waals surface area (Å²) in [5.74, 6) is 0.0898. The average Bonchev–Trinajstić information content (AvgIpc) is 3.07. The first-order valence-electron chi connectivity index (χ1n) is 9.41. The molecule has 1 saturated heterocycles. The maximum absolute atomic E-state index is 12.4. The van der Waals surface area contributed by atoms with Crippen LogP contribution in [-0.2, 0) is 9.59 Å². The highest BCUT2D eigenvalue weighted by Gasteiger charge is 2.35. The van der Waals surface area contributed by atoms with Crippen LogP contribution in [0.3, 0.4) is 0 Å². The van der Waals surface area contributed by atoms with Gasteiger partial charge in [0.05, 0.1) is 18.7 Å². The Balaban J connectivity index is 1.57. The molecule has 3 rings (SSSR count). The van der Waals surface area contributed by atoms with Gasteiger partial charge < -0.3 is 9.64 Å². The number of nitrogens with zero attached hydrogens (tertiary/aromatic N) is 2. The molecule has 1 heterocycles. The highest BCUT2D eigenvalue weighted by atomic mass is 16.5. The van der Waals surface area contributed by atoms with E-state index < -0.39 is 5.92 Å². The van der Waals surface area contributed by atoms with E-state index in [0.717, 1.165) is 22.6 Å². The van der Waals surface area contributed by atoms with Crippen LogP contribution in [-0.4, -0.2) is 31.2 Å². The summed E-state index contributed by atoms with van der Waals surface area (Å²) in [5.41, 5.74) is 6.53. The van der Waals surface area contributed by atoms with Gasteiger partial charge in [0.25, 0.3) is 0 Å². The minimum atomic E-state index is -0.411. The fourth-order valence-electron chi connectivity index (χ4n) is 3.10. The first-order chi connectivity index (χ1) is 13.5. The van der Waals surface area contributed by atoms with Gasteiger partial charge in [-0.3, -0.25) is 9.59 Å². The molecule has 2 amide bonds. The monoisotopic (exact) mass is 379 g/mol. The van der Waals surface area contributed by atoms with Crippen LogP contribution in [0.4, 0.5) is 5.69 Å². The fraction of sp³-hybridized carbons (Fsp3) is 0.318. The van der Waals surface area contributed by atoms with Crippen molar-refractivity contribution in [2.24, 2.45) is 11.0 Å². The lowest BCUT2D eigenvalue weighted by Gasteiger charge is -2.17. The molecular weight excluding hydrogens is 354 g/mol. The standard InChI is InChI=1S/C22H25N3O3/c1-4-28-20-9-6-17(7-10-20)13-23-24-22(27)18-12-21(26)25(14-18)19-8-5-15(2)16(3)11-19/h5-11,13,18H,4,12,14H2,1-3H3,(H,24,27)/b23-13-/t18-/m1/s1. The van der Waals surface area contributed by atoms with Crippen molar-refractivity contribution in [2.45, 2.75) is 27.2 Å². The summed E-state index contributed by atoms with van der Waals surface area (Å²) in [6.07, 6.45) is 1.77. The van der Waals surface area contributed by atoms with Crippen LogP contribution >= 0.6 is 0 Å². The van der Waals surface area contributed by atoms with Crippen LogP contribution in [0.5, 0.6) is 5.75 Å². The Hall–Kier alpha value is -3.15. The summed E-state index contributed by atoms with van der Waals surface area (Å²) < 4.78 is 5.39. The number of hydrazone groups is 1. The van der Waals surface area contributed by atoms with Gasteiger partial charge >= 0.3 is 0 Å². The second-order valence-electron chi connectivity index (χ2n) is 6.91. The van der Waals surface area contributed by atoms with Crippen molar-refractivity contribution in [3.8, 4) is 5.75 Å². The molecule has 6 heteroatoms. The van der Waals surface area contributed by atoms with Crippen molar-refractivity contribution >= 4 is 23.7 Å². The minimum absolute atomic E-state index is 0.0427. The predicted octanol–water partition coefficient (Wildman–Crippen LogP) is 3.21. The van der Waals surface area contributed by atoms with Gasteiger partial charge in [-0.05, 0) is 73.9 Å².